The van der Waals surface area contributed by atoms with Gasteiger partial charge in [0, 0.05) is 19.6 Å². The van der Waals surface area contributed by atoms with Crippen LogP contribution >= 0.6 is 0 Å². The Labute approximate surface area is 97.6 Å². The first-order valence-electron chi connectivity index (χ1n) is 5.87. The number of hydrogen-bond acceptors (Lipinski definition) is 3. The summed E-state index contributed by atoms with van der Waals surface area (Å²) in [5, 5.41) is 2.00. The van der Waals surface area contributed by atoms with Crippen molar-refractivity contribution >= 4 is 0 Å². The highest BCUT2D eigenvalue weighted by atomic mass is 16.7. The molecule has 88 valence electrons. The monoisotopic (exact) mass is 220 g/mol. The molecule has 0 aliphatic carbocycles. The normalized spacial score (nSPS) is 28.2. The molecule has 1 aromatic carbocycles. The molecule has 1 heterocycles. The Balaban J connectivity index is 2.13. The van der Waals surface area contributed by atoms with Crippen molar-refractivity contribution in [2.24, 2.45) is 0 Å². The van der Waals surface area contributed by atoms with Crippen LogP contribution in [0, 0.1) is 0 Å². The van der Waals surface area contributed by atoms with Gasteiger partial charge >= 0.3 is 0 Å². The lowest BCUT2D eigenvalue weighted by molar-refractivity contribution is -0.283. The molecule has 0 N–H and O–H groups in total. The molecule has 0 aromatic heterocycles. The second-order valence-corrected chi connectivity index (χ2v) is 4.42. The van der Waals surface area contributed by atoms with Crippen molar-refractivity contribution in [2.75, 3.05) is 20.6 Å². The summed E-state index contributed by atoms with van der Waals surface area (Å²) in [6, 6.07) is 10.9. The number of nitrogens with zero attached hydrogens (tertiary/aromatic N) is 2. The quantitative estimate of drug-likeness (QED) is 0.760. The van der Waals surface area contributed by atoms with Crippen molar-refractivity contribution in [2.45, 2.75) is 25.6 Å². The third-order valence-electron chi connectivity index (χ3n) is 3.24. The van der Waals surface area contributed by atoms with Gasteiger partial charge in [-0.1, -0.05) is 37.3 Å². The van der Waals surface area contributed by atoms with E-state index in [1.165, 1.54) is 5.56 Å². The minimum Gasteiger partial charge on any atom is -0.275 e. The molecule has 0 unspecified atom stereocenters. The van der Waals surface area contributed by atoms with Gasteiger partial charge in [0.2, 0.25) is 0 Å². The smallest absolute Gasteiger partial charge is 0.157 e. The van der Waals surface area contributed by atoms with Crippen molar-refractivity contribution < 1.29 is 4.84 Å². The SMILES string of the molecule is CC[C@@H]1CN(C)[C@@H](c2ccccc2)ON1C. The van der Waals surface area contributed by atoms with Crippen LogP contribution in [0.3, 0.4) is 0 Å². The van der Waals surface area contributed by atoms with Crippen LogP contribution in [-0.2, 0) is 4.84 Å². The van der Waals surface area contributed by atoms with Crippen LogP contribution in [0.4, 0.5) is 0 Å². The van der Waals surface area contributed by atoms with Gasteiger partial charge in [0.1, 0.15) is 0 Å². The minimum atomic E-state index is 0.0500. The second-order valence-electron chi connectivity index (χ2n) is 4.42. The molecule has 0 saturated carbocycles. The molecule has 2 atom stereocenters. The summed E-state index contributed by atoms with van der Waals surface area (Å²) in [5.74, 6) is 0. The van der Waals surface area contributed by atoms with Crippen LogP contribution in [0.1, 0.15) is 25.1 Å². The molecule has 1 saturated heterocycles. The number of benzene rings is 1. The van der Waals surface area contributed by atoms with E-state index in [1.807, 2.05) is 18.2 Å². The average molecular weight is 220 g/mol. The van der Waals surface area contributed by atoms with E-state index in [0.29, 0.717) is 6.04 Å². The molecule has 0 amide bonds. The van der Waals surface area contributed by atoms with Crippen LogP contribution in [0.15, 0.2) is 30.3 Å². The zero-order valence-corrected chi connectivity index (χ0v) is 10.3. The van der Waals surface area contributed by atoms with E-state index in [0.717, 1.165) is 13.0 Å². The van der Waals surface area contributed by atoms with Crippen molar-refractivity contribution in [3.63, 3.8) is 0 Å². The Kier molecular flexibility index (Phi) is 3.59. The van der Waals surface area contributed by atoms with Crippen LogP contribution in [0.25, 0.3) is 0 Å². The number of hydroxylamine groups is 2. The predicted molar refractivity (Wildman–Crippen MR) is 64.7 cm³/mol. The van der Waals surface area contributed by atoms with Crippen molar-refractivity contribution in [1.82, 2.24) is 9.96 Å². The van der Waals surface area contributed by atoms with Gasteiger partial charge in [0.25, 0.3) is 0 Å². The molecule has 1 aliphatic heterocycles. The Bertz CT molecular complexity index is 328. The molecular formula is C13H20N2O. The van der Waals surface area contributed by atoms with Gasteiger partial charge in [-0.3, -0.25) is 9.74 Å². The molecule has 3 nitrogen and oxygen atoms in total. The lowest BCUT2D eigenvalue weighted by Crippen LogP contribution is -2.49. The Hall–Kier alpha value is -0.900. The van der Waals surface area contributed by atoms with E-state index in [1.54, 1.807) is 0 Å². The molecule has 2 rings (SSSR count). The third-order valence-corrected chi connectivity index (χ3v) is 3.24. The highest BCUT2D eigenvalue weighted by Crippen LogP contribution is 2.27. The highest BCUT2D eigenvalue weighted by Gasteiger charge is 2.30. The van der Waals surface area contributed by atoms with Crippen molar-refractivity contribution in [3.8, 4) is 0 Å². The standard InChI is InChI=1S/C13H20N2O/c1-4-12-10-14(2)13(16-15(12)3)11-8-6-5-7-9-11/h5-9,12-13H,4,10H2,1-3H3/t12-,13-/m1/s1. The topological polar surface area (TPSA) is 15.7 Å². The van der Waals surface area contributed by atoms with E-state index in [4.69, 9.17) is 4.84 Å². The van der Waals surface area contributed by atoms with Crippen molar-refractivity contribution in [1.29, 1.82) is 0 Å². The van der Waals surface area contributed by atoms with Gasteiger partial charge < -0.3 is 0 Å². The van der Waals surface area contributed by atoms with Crippen LogP contribution < -0.4 is 0 Å². The first-order chi connectivity index (χ1) is 7.72. The molecule has 1 aliphatic rings. The lowest BCUT2D eigenvalue weighted by atomic mass is 10.1. The number of rotatable bonds is 2. The number of likely N-dealkylation sites (N-methyl/N-ethyl adjacent to an activating group) is 2. The molecule has 0 radical (unpaired) electrons. The number of hydrogen-bond donors (Lipinski definition) is 0. The molecule has 1 aromatic rings. The maximum Gasteiger partial charge on any atom is 0.157 e. The molecule has 3 heteroatoms. The summed E-state index contributed by atoms with van der Waals surface area (Å²) in [7, 11) is 4.14. The van der Waals surface area contributed by atoms with Crippen LogP contribution in [0.2, 0.25) is 0 Å². The summed E-state index contributed by atoms with van der Waals surface area (Å²) < 4.78 is 0. The summed E-state index contributed by atoms with van der Waals surface area (Å²) in [6.45, 7) is 3.24. The molecule has 0 bridgehead atoms. The van der Waals surface area contributed by atoms with Gasteiger partial charge in [-0.15, -0.1) is 0 Å². The average Bonchev–Trinajstić information content (AvgIpc) is 2.32. The summed E-state index contributed by atoms with van der Waals surface area (Å²) >= 11 is 0. The fourth-order valence-corrected chi connectivity index (χ4v) is 2.19. The Morgan fingerprint density at radius 1 is 1.25 bits per heavy atom. The maximum atomic E-state index is 5.95. The van der Waals surface area contributed by atoms with E-state index in [9.17, 15) is 0 Å². The molecular weight excluding hydrogens is 200 g/mol. The molecule has 0 spiro atoms. The fourth-order valence-electron chi connectivity index (χ4n) is 2.19. The van der Waals surface area contributed by atoms with Gasteiger partial charge in [-0.25, -0.2) is 0 Å². The fraction of sp³-hybridized carbons (Fsp3) is 0.538. The Morgan fingerprint density at radius 3 is 2.56 bits per heavy atom. The Morgan fingerprint density at radius 2 is 1.94 bits per heavy atom. The third kappa shape index (κ3) is 2.26. The molecule has 16 heavy (non-hydrogen) atoms. The van der Waals surface area contributed by atoms with E-state index >= 15 is 0 Å². The maximum absolute atomic E-state index is 5.95. The summed E-state index contributed by atoms with van der Waals surface area (Å²) in [4.78, 5) is 8.21. The second kappa shape index (κ2) is 4.95. The van der Waals surface area contributed by atoms with Gasteiger partial charge in [-0.2, -0.15) is 5.06 Å². The van der Waals surface area contributed by atoms with Gasteiger partial charge in [0.05, 0.1) is 0 Å². The van der Waals surface area contributed by atoms with Gasteiger partial charge in [0.15, 0.2) is 6.23 Å². The van der Waals surface area contributed by atoms with Crippen LogP contribution in [-0.4, -0.2) is 36.6 Å². The predicted octanol–water partition coefficient (Wildman–Crippen LogP) is 2.27. The first-order valence-corrected chi connectivity index (χ1v) is 5.87. The highest BCUT2D eigenvalue weighted by molar-refractivity contribution is 5.17. The summed E-state index contributed by atoms with van der Waals surface area (Å²) in [6.07, 6.45) is 1.16. The van der Waals surface area contributed by atoms with Crippen LogP contribution in [0.5, 0.6) is 0 Å². The largest absolute Gasteiger partial charge is 0.275 e. The van der Waals surface area contributed by atoms with Crippen molar-refractivity contribution in [3.05, 3.63) is 35.9 Å². The molecule has 1 fully saturated rings. The zero-order chi connectivity index (χ0) is 11.5. The van der Waals surface area contributed by atoms with E-state index < -0.39 is 0 Å². The van der Waals surface area contributed by atoms with E-state index in [2.05, 4.69) is 43.1 Å². The zero-order valence-electron chi connectivity index (χ0n) is 10.3. The van der Waals surface area contributed by atoms with Gasteiger partial charge in [-0.05, 0) is 19.0 Å². The lowest BCUT2D eigenvalue weighted by Gasteiger charge is -2.42. The minimum absolute atomic E-state index is 0.0500. The first kappa shape index (κ1) is 11.6. The summed E-state index contributed by atoms with van der Waals surface area (Å²) in [5.41, 5.74) is 1.21. The van der Waals surface area contributed by atoms with E-state index in [-0.39, 0.29) is 6.23 Å².